The highest BCUT2D eigenvalue weighted by Crippen LogP contribution is 2.42. The van der Waals surface area contributed by atoms with Gasteiger partial charge in [0.25, 0.3) is 0 Å². The summed E-state index contributed by atoms with van der Waals surface area (Å²) >= 11 is 0. The molecule has 0 fully saturated rings. The van der Waals surface area contributed by atoms with E-state index < -0.39 is 11.5 Å². The summed E-state index contributed by atoms with van der Waals surface area (Å²) in [4.78, 5) is 13.2. The Morgan fingerprint density at radius 2 is 1.95 bits per heavy atom. The lowest BCUT2D eigenvalue weighted by molar-refractivity contribution is -0.143. The van der Waals surface area contributed by atoms with Crippen LogP contribution in [-0.4, -0.2) is 44.4 Å². The van der Waals surface area contributed by atoms with Crippen LogP contribution in [0, 0.1) is 0 Å². The molecule has 0 saturated carbocycles. The predicted molar refractivity (Wildman–Crippen MR) is 71.1 cm³/mol. The lowest BCUT2D eigenvalue weighted by atomic mass is 9.85. The summed E-state index contributed by atoms with van der Waals surface area (Å²) in [5.41, 5.74) is 6.27. The first-order valence-corrected chi connectivity index (χ1v) is 5.90. The number of benzene rings is 1. The summed E-state index contributed by atoms with van der Waals surface area (Å²) in [6.45, 7) is 0.221. The van der Waals surface area contributed by atoms with E-state index in [1.54, 1.807) is 38.3 Å². The number of ether oxygens (including phenoxy) is 2. The van der Waals surface area contributed by atoms with Gasteiger partial charge in [0.1, 0.15) is 17.0 Å². The van der Waals surface area contributed by atoms with Crippen molar-refractivity contribution in [3.8, 4) is 11.5 Å². The number of nitrogens with two attached hydrogens (primary N) is 1. The molecule has 1 aromatic carbocycles. The maximum absolute atomic E-state index is 11.4. The van der Waals surface area contributed by atoms with Gasteiger partial charge in [0.15, 0.2) is 0 Å². The molecule has 0 aromatic heterocycles. The molecule has 1 aliphatic rings. The quantitative estimate of drug-likeness (QED) is 0.827. The minimum Gasteiger partial charge on any atom is -0.496 e. The van der Waals surface area contributed by atoms with Gasteiger partial charge in [0, 0.05) is 25.6 Å². The van der Waals surface area contributed by atoms with Crippen molar-refractivity contribution in [2.24, 2.45) is 5.73 Å². The van der Waals surface area contributed by atoms with Crippen LogP contribution in [0.15, 0.2) is 12.1 Å². The number of hydrogen-bond acceptors (Lipinski definition) is 5. The molecule has 0 bridgehead atoms. The fraction of sp³-hybridized carbons (Fsp3) is 0.462. The summed E-state index contributed by atoms with van der Waals surface area (Å²) in [6.07, 6.45) is 0.211. The fourth-order valence-electron chi connectivity index (χ4n) is 2.56. The Balaban J connectivity index is 2.60. The zero-order chi connectivity index (χ0) is 14.2. The van der Waals surface area contributed by atoms with Gasteiger partial charge >= 0.3 is 5.97 Å². The lowest BCUT2D eigenvalue weighted by Gasteiger charge is -2.39. The van der Waals surface area contributed by atoms with E-state index in [2.05, 4.69) is 0 Å². The maximum atomic E-state index is 11.4. The van der Waals surface area contributed by atoms with Crippen LogP contribution >= 0.6 is 0 Å². The van der Waals surface area contributed by atoms with Crippen LogP contribution < -0.4 is 20.1 Å². The molecule has 0 radical (unpaired) electrons. The van der Waals surface area contributed by atoms with Gasteiger partial charge in [-0.25, -0.2) is 0 Å². The first kappa shape index (κ1) is 13.5. The number of aliphatic carboxylic acids is 1. The monoisotopic (exact) mass is 266 g/mol. The van der Waals surface area contributed by atoms with Crippen LogP contribution in [0.5, 0.6) is 11.5 Å². The zero-order valence-corrected chi connectivity index (χ0v) is 11.3. The fourth-order valence-corrected chi connectivity index (χ4v) is 2.56. The second kappa shape index (κ2) is 4.62. The van der Waals surface area contributed by atoms with Gasteiger partial charge in [0.2, 0.25) is 0 Å². The number of carbonyl (C=O) groups is 1. The maximum Gasteiger partial charge on any atom is 0.325 e. The third-order valence-electron chi connectivity index (χ3n) is 3.46. The largest absolute Gasteiger partial charge is 0.496 e. The zero-order valence-electron chi connectivity index (χ0n) is 11.3. The molecule has 1 unspecified atom stereocenters. The highest BCUT2D eigenvalue weighted by atomic mass is 16.5. The average molecular weight is 266 g/mol. The minimum absolute atomic E-state index is 0.211. The normalized spacial score (nSPS) is 21.8. The molecular formula is C13H18N2O4. The third kappa shape index (κ3) is 2.08. The van der Waals surface area contributed by atoms with Crippen LogP contribution in [0.3, 0.4) is 0 Å². The second-order valence-corrected chi connectivity index (χ2v) is 4.79. The molecule has 1 aromatic rings. The van der Waals surface area contributed by atoms with E-state index in [0.717, 1.165) is 11.3 Å². The molecule has 0 amide bonds. The molecule has 0 saturated heterocycles. The molecule has 6 heteroatoms. The molecule has 1 heterocycles. The summed E-state index contributed by atoms with van der Waals surface area (Å²) in [7, 11) is 4.93. The third-order valence-corrected chi connectivity index (χ3v) is 3.46. The van der Waals surface area contributed by atoms with Crippen LogP contribution in [-0.2, 0) is 11.2 Å². The number of carboxylic acid groups (broad SMARTS) is 1. The van der Waals surface area contributed by atoms with Crippen molar-refractivity contribution < 1.29 is 19.4 Å². The Hall–Kier alpha value is -1.95. The number of hydrogen-bond donors (Lipinski definition) is 2. The van der Waals surface area contributed by atoms with Gasteiger partial charge in [-0.2, -0.15) is 0 Å². The van der Waals surface area contributed by atoms with Crippen molar-refractivity contribution in [3.05, 3.63) is 17.7 Å². The molecule has 1 atom stereocenters. The van der Waals surface area contributed by atoms with Gasteiger partial charge in [-0.15, -0.1) is 0 Å². The van der Waals surface area contributed by atoms with Crippen molar-refractivity contribution in [3.63, 3.8) is 0 Å². The van der Waals surface area contributed by atoms with Crippen LogP contribution in [0.1, 0.15) is 5.56 Å². The van der Waals surface area contributed by atoms with Gasteiger partial charge in [-0.1, -0.05) is 0 Å². The molecule has 104 valence electrons. The summed E-state index contributed by atoms with van der Waals surface area (Å²) in [5, 5.41) is 9.31. The van der Waals surface area contributed by atoms with E-state index in [1.165, 1.54) is 0 Å². The van der Waals surface area contributed by atoms with E-state index in [4.69, 9.17) is 15.2 Å². The summed E-state index contributed by atoms with van der Waals surface area (Å²) in [5.74, 6) is 0.291. The van der Waals surface area contributed by atoms with Crippen molar-refractivity contribution >= 4 is 11.7 Å². The van der Waals surface area contributed by atoms with Crippen molar-refractivity contribution in [2.45, 2.75) is 12.0 Å². The Kier molecular flexibility index (Phi) is 3.28. The number of nitrogens with zero attached hydrogens (tertiary/aromatic N) is 1. The molecule has 0 aliphatic carbocycles. The molecule has 0 spiro atoms. The lowest BCUT2D eigenvalue weighted by Crippen LogP contribution is -2.59. The van der Waals surface area contributed by atoms with Crippen molar-refractivity contribution in [1.29, 1.82) is 0 Å². The van der Waals surface area contributed by atoms with E-state index >= 15 is 0 Å². The van der Waals surface area contributed by atoms with Crippen LogP contribution in [0.2, 0.25) is 0 Å². The standard InChI is InChI=1S/C13H18N2O4/c1-15-7-13(14,12(16)17)6-8-9(18-2)4-5-10(19-3)11(8)15/h4-5H,6-7,14H2,1-3H3,(H,16,17). The summed E-state index contributed by atoms with van der Waals surface area (Å²) in [6, 6.07) is 3.57. The number of rotatable bonds is 3. The number of fused-ring (bicyclic) bond motifs is 1. The topological polar surface area (TPSA) is 85.0 Å². The van der Waals surface area contributed by atoms with E-state index in [1.807, 2.05) is 0 Å². The Bertz CT molecular complexity index is 518. The minimum atomic E-state index is -1.32. The first-order chi connectivity index (χ1) is 8.92. The highest BCUT2D eigenvalue weighted by molar-refractivity contribution is 5.83. The highest BCUT2D eigenvalue weighted by Gasteiger charge is 2.42. The molecule has 19 heavy (non-hydrogen) atoms. The number of anilines is 1. The predicted octanol–water partition coefficient (Wildman–Crippen LogP) is 0.478. The SMILES string of the molecule is COc1ccc(OC)c2c1CC(N)(C(=O)O)CN2C. The first-order valence-electron chi connectivity index (χ1n) is 5.90. The van der Waals surface area contributed by atoms with Gasteiger partial charge in [-0.3, -0.25) is 4.79 Å². The van der Waals surface area contributed by atoms with Gasteiger partial charge in [-0.05, 0) is 12.1 Å². The molecule has 3 N–H and O–H groups in total. The number of likely N-dealkylation sites (N-methyl/N-ethyl adjacent to an activating group) is 1. The van der Waals surface area contributed by atoms with Crippen LogP contribution in [0.25, 0.3) is 0 Å². The second-order valence-electron chi connectivity index (χ2n) is 4.79. The molecule has 1 aliphatic heterocycles. The summed E-state index contributed by atoms with van der Waals surface area (Å²) < 4.78 is 10.6. The van der Waals surface area contributed by atoms with E-state index in [9.17, 15) is 9.90 Å². The number of methoxy groups -OCH3 is 2. The number of carboxylic acids is 1. The Labute approximate surface area is 111 Å². The van der Waals surface area contributed by atoms with Gasteiger partial charge < -0.3 is 25.2 Å². The smallest absolute Gasteiger partial charge is 0.325 e. The average Bonchev–Trinajstić information content (AvgIpc) is 2.37. The van der Waals surface area contributed by atoms with E-state index in [0.29, 0.717) is 11.5 Å². The Morgan fingerprint density at radius 1 is 1.37 bits per heavy atom. The van der Waals surface area contributed by atoms with Gasteiger partial charge in [0.05, 0.1) is 19.9 Å². The Morgan fingerprint density at radius 3 is 2.47 bits per heavy atom. The van der Waals surface area contributed by atoms with Crippen LogP contribution in [0.4, 0.5) is 5.69 Å². The van der Waals surface area contributed by atoms with Crippen molar-refractivity contribution in [1.82, 2.24) is 0 Å². The molecular weight excluding hydrogens is 248 g/mol. The molecule has 2 rings (SSSR count). The van der Waals surface area contributed by atoms with Crippen molar-refractivity contribution in [2.75, 3.05) is 32.7 Å². The molecule has 6 nitrogen and oxygen atoms in total. The van der Waals surface area contributed by atoms with E-state index in [-0.39, 0.29) is 13.0 Å².